The van der Waals surface area contributed by atoms with Gasteiger partial charge in [0, 0.05) is 17.0 Å². The second kappa shape index (κ2) is 4.60. The molecule has 0 saturated heterocycles. The minimum atomic E-state index is 0.456. The van der Waals surface area contributed by atoms with Crippen LogP contribution in [0, 0.1) is 16.7 Å². The van der Waals surface area contributed by atoms with Gasteiger partial charge in [0.25, 0.3) is 0 Å². The molecule has 0 aliphatic heterocycles. The van der Waals surface area contributed by atoms with E-state index >= 15 is 0 Å². The standard InChI is InChI=1S/C17H27NS/c1-5-13(14-7-6-10-19-14)18-15-16(2,3)12-8-9-17(15,4)11-12/h6-7,10,12-13,15,18H,5,8-9,11H2,1-4H3. The summed E-state index contributed by atoms with van der Waals surface area (Å²) in [4.78, 5) is 1.50. The molecule has 2 fully saturated rings. The molecule has 1 heterocycles. The van der Waals surface area contributed by atoms with Gasteiger partial charge in [0.05, 0.1) is 0 Å². The van der Waals surface area contributed by atoms with E-state index in [1.54, 1.807) is 0 Å². The third-order valence-electron chi connectivity index (χ3n) is 5.93. The van der Waals surface area contributed by atoms with Crippen molar-refractivity contribution in [1.82, 2.24) is 5.32 Å². The zero-order valence-corrected chi connectivity index (χ0v) is 13.5. The first-order valence-electron chi connectivity index (χ1n) is 7.77. The molecule has 0 aromatic carbocycles. The molecule has 4 atom stereocenters. The first-order valence-corrected chi connectivity index (χ1v) is 8.65. The summed E-state index contributed by atoms with van der Waals surface area (Å²) in [6, 6.07) is 5.68. The monoisotopic (exact) mass is 277 g/mol. The van der Waals surface area contributed by atoms with E-state index in [0.29, 0.717) is 22.9 Å². The van der Waals surface area contributed by atoms with Gasteiger partial charge in [-0.1, -0.05) is 33.8 Å². The Hall–Kier alpha value is -0.340. The second-order valence-electron chi connectivity index (χ2n) is 7.49. The molecule has 1 nitrogen and oxygen atoms in total. The largest absolute Gasteiger partial charge is 0.305 e. The van der Waals surface area contributed by atoms with Gasteiger partial charge in [-0.05, 0) is 53.9 Å². The number of nitrogens with one attached hydrogen (secondary N) is 1. The number of fused-ring (bicyclic) bond motifs is 2. The van der Waals surface area contributed by atoms with E-state index < -0.39 is 0 Å². The van der Waals surface area contributed by atoms with E-state index in [4.69, 9.17) is 0 Å². The van der Waals surface area contributed by atoms with Crippen LogP contribution in [0.25, 0.3) is 0 Å². The van der Waals surface area contributed by atoms with Crippen molar-refractivity contribution in [1.29, 1.82) is 0 Å². The summed E-state index contributed by atoms with van der Waals surface area (Å²) in [5, 5.41) is 6.24. The van der Waals surface area contributed by atoms with Gasteiger partial charge in [-0.3, -0.25) is 0 Å². The Morgan fingerprint density at radius 3 is 2.74 bits per heavy atom. The van der Waals surface area contributed by atoms with E-state index in [1.165, 1.54) is 30.6 Å². The second-order valence-corrected chi connectivity index (χ2v) is 8.47. The Morgan fingerprint density at radius 2 is 2.21 bits per heavy atom. The zero-order chi connectivity index (χ0) is 13.7. The van der Waals surface area contributed by atoms with Gasteiger partial charge < -0.3 is 5.32 Å². The summed E-state index contributed by atoms with van der Waals surface area (Å²) in [5.41, 5.74) is 0.983. The average molecular weight is 277 g/mol. The van der Waals surface area contributed by atoms with Crippen LogP contribution in [0.4, 0.5) is 0 Å². The lowest BCUT2D eigenvalue weighted by Crippen LogP contribution is -2.51. The summed E-state index contributed by atoms with van der Waals surface area (Å²) in [5.74, 6) is 0.927. The SMILES string of the molecule is CCC(NC1C2(C)CCC(C2)C1(C)C)c1cccs1. The normalized spacial score (nSPS) is 37.7. The van der Waals surface area contributed by atoms with E-state index in [-0.39, 0.29) is 0 Å². The van der Waals surface area contributed by atoms with E-state index in [0.717, 1.165) is 5.92 Å². The number of hydrogen-bond acceptors (Lipinski definition) is 2. The highest BCUT2D eigenvalue weighted by Crippen LogP contribution is 2.62. The highest BCUT2D eigenvalue weighted by molar-refractivity contribution is 7.10. The minimum absolute atomic E-state index is 0.456. The van der Waals surface area contributed by atoms with Crippen molar-refractivity contribution in [3.63, 3.8) is 0 Å². The lowest BCUT2D eigenvalue weighted by atomic mass is 9.68. The summed E-state index contributed by atoms with van der Waals surface area (Å²) < 4.78 is 0. The fraction of sp³-hybridized carbons (Fsp3) is 0.765. The number of hydrogen-bond donors (Lipinski definition) is 1. The van der Waals surface area contributed by atoms with Crippen molar-refractivity contribution in [2.45, 2.75) is 65.5 Å². The molecular weight excluding hydrogens is 250 g/mol. The maximum absolute atomic E-state index is 4.04. The average Bonchev–Trinajstić information content (AvgIpc) is 3.02. The van der Waals surface area contributed by atoms with Gasteiger partial charge >= 0.3 is 0 Å². The quantitative estimate of drug-likeness (QED) is 0.816. The van der Waals surface area contributed by atoms with Crippen LogP contribution in [0.2, 0.25) is 0 Å². The van der Waals surface area contributed by atoms with Gasteiger partial charge in [0.15, 0.2) is 0 Å². The van der Waals surface area contributed by atoms with Crippen LogP contribution < -0.4 is 5.32 Å². The van der Waals surface area contributed by atoms with Gasteiger partial charge in [-0.25, -0.2) is 0 Å². The molecule has 2 heteroatoms. The molecule has 2 saturated carbocycles. The van der Waals surface area contributed by atoms with Crippen molar-refractivity contribution >= 4 is 11.3 Å². The third kappa shape index (κ3) is 2.08. The number of thiophene rings is 1. The fourth-order valence-corrected chi connectivity index (χ4v) is 5.68. The molecule has 1 aromatic heterocycles. The molecule has 2 bridgehead atoms. The van der Waals surface area contributed by atoms with Crippen LogP contribution in [-0.4, -0.2) is 6.04 Å². The van der Waals surface area contributed by atoms with E-state index in [1.807, 2.05) is 11.3 Å². The van der Waals surface area contributed by atoms with Crippen LogP contribution >= 0.6 is 11.3 Å². The van der Waals surface area contributed by atoms with Gasteiger partial charge in [-0.15, -0.1) is 11.3 Å². The first-order chi connectivity index (χ1) is 8.97. The molecule has 0 radical (unpaired) electrons. The van der Waals surface area contributed by atoms with Crippen molar-refractivity contribution in [2.24, 2.45) is 16.7 Å². The number of rotatable bonds is 4. The van der Waals surface area contributed by atoms with Crippen molar-refractivity contribution in [3.05, 3.63) is 22.4 Å². The minimum Gasteiger partial charge on any atom is -0.305 e. The van der Waals surface area contributed by atoms with Crippen molar-refractivity contribution in [3.8, 4) is 0 Å². The topological polar surface area (TPSA) is 12.0 Å². The van der Waals surface area contributed by atoms with Crippen molar-refractivity contribution in [2.75, 3.05) is 0 Å². The molecule has 19 heavy (non-hydrogen) atoms. The van der Waals surface area contributed by atoms with Crippen LogP contribution in [-0.2, 0) is 0 Å². The smallest absolute Gasteiger partial charge is 0.0414 e. The van der Waals surface area contributed by atoms with Crippen LogP contribution in [0.5, 0.6) is 0 Å². The Balaban J connectivity index is 1.82. The first kappa shape index (κ1) is 13.6. The molecule has 2 aliphatic rings. The Kier molecular flexibility index (Phi) is 3.30. The summed E-state index contributed by atoms with van der Waals surface area (Å²) in [6.45, 7) is 9.79. The molecular formula is C17H27NS. The van der Waals surface area contributed by atoms with E-state index in [2.05, 4.69) is 50.5 Å². The Bertz CT molecular complexity index is 431. The fourth-order valence-electron chi connectivity index (χ4n) is 4.81. The van der Waals surface area contributed by atoms with Gasteiger partial charge in [0.1, 0.15) is 0 Å². The third-order valence-corrected chi connectivity index (χ3v) is 6.92. The molecule has 1 N–H and O–H groups in total. The predicted octanol–water partition coefficient (Wildman–Crippen LogP) is 5.00. The van der Waals surface area contributed by atoms with Crippen LogP contribution in [0.1, 0.15) is 64.3 Å². The summed E-state index contributed by atoms with van der Waals surface area (Å²) in [6.07, 6.45) is 5.48. The molecule has 0 amide bonds. The van der Waals surface area contributed by atoms with Gasteiger partial charge in [-0.2, -0.15) is 0 Å². The molecule has 0 spiro atoms. The van der Waals surface area contributed by atoms with Crippen LogP contribution in [0.3, 0.4) is 0 Å². The van der Waals surface area contributed by atoms with Crippen LogP contribution in [0.15, 0.2) is 17.5 Å². The molecule has 1 aromatic rings. The predicted molar refractivity (Wildman–Crippen MR) is 83.5 cm³/mol. The highest BCUT2D eigenvalue weighted by atomic mass is 32.1. The maximum Gasteiger partial charge on any atom is 0.0414 e. The molecule has 2 aliphatic carbocycles. The highest BCUT2D eigenvalue weighted by Gasteiger charge is 2.59. The summed E-state index contributed by atoms with van der Waals surface area (Å²) in [7, 11) is 0. The lowest BCUT2D eigenvalue weighted by Gasteiger charge is -2.45. The maximum atomic E-state index is 4.04. The molecule has 106 valence electrons. The Labute approximate surface area is 121 Å². The molecule has 3 rings (SSSR count). The van der Waals surface area contributed by atoms with Crippen molar-refractivity contribution < 1.29 is 0 Å². The Morgan fingerprint density at radius 1 is 1.42 bits per heavy atom. The van der Waals surface area contributed by atoms with Gasteiger partial charge in [0.2, 0.25) is 0 Å². The summed E-state index contributed by atoms with van der Waals surface area (Å²) >= 11 is 1.90. The zero-order valence-electron chi connectivity index (χ0n) is 12.7. The lowest BCUT2D eigenvalue weighted by molar-refractivity contribution is 0.0980. The van der Waals surface area contributed by atoms with E-state index in [9.17, 15) is 0 Å². The molecule has 4 unspecified atom stereocenters.